The second-order valence-electron chi connectivity index (χ2n) is 6.87. The van der Waals surface area contributed by atoms with Gasteiger partial charge in [-0.05, 0) is 80.7 Å². The minimum Gasteiger partial charge on any atom is -0.325 e. The average Bonchev–Trinajstić information content (AvgIpc) is 3.07. The van der Waals surface area contributed by atoms with Gasteiger partial charge in [0.05, 0.1) is 5.75 Å². The van der Waals surface area contributed by atoms with Gasteiger partial charge in [-0.2, -0.15) is 0 Å². The normalized spacial score (nSPS) is 13.1. The van der Waals surface area contributed by atoms with Crippen LogP contribution in [0.25, 0.3) is 0 Å². The van der Waals surface area contributed by atoms with Crippen molar-refractivity contribution in [3.8, 4) is 0 Å². The summed E-state index contributed by atoms with van der Waals surface area (Å²) in [5, 5.41) is 2.99. The summed E-state index contributed by atoms with van der Waals surface area (Å²) in [5.41, 5.74) is 5.09. The van der Waals surface area contributed by atoms with Gasteiger partial charge in [-0.15, -0.1) is 11.8 Å². The molecule has 0 heterocycles. The van der Waals surface area contributed by atoms with Crippen molar-refractivity contribution in [2.75, 3.05) is 31.7 Å². The molecule has 0 saturated heterocycles. The zero-order valence-corrected chi connectivity index (χ0v) is 15.9. The monoisotopic (exact) mass is 354 g/mol. The first-order valence-electron chi connectivity index (χ1n) is 8.88. The summed E-state index contributed by atoms with van der Waals surface area (Å²) in [7, 11) is 4.15. The fourth-order valence-electron chi connectivity index (χ4n) is 3.09. The van der Waals surface area contributed by atoms with E-state index < -0.39 is 0 Å². The first-order valence-corrected chi connectivity index (χ1v) is 9.87. The Hall–Kier alpha value is -1.78. The summed E-state index contributed by atoms with van der Waals surface area (Å²) in [6.45, 7) is 1.03. The van der Waals surface area contributed by atoms with Crippen molar-refractivity contribution in [2.24, 2.45) is 0 Å². The van der Waals surface area contributed by atoms with E-state index in [0.29, 0.717) is 5.75 Å². The van der Waals surface area contributed by atoms with Crippen LogP contribution in [0.4, 0.5) is 5.69 Å². The van der Waals surface area contributed by atoms with Gasteiger partial charge in [-0.25, -0.2) is 0 Å². The van der Waals surface area contributed by atoms with E-state index >= 15 is 0 Å². The van der Waals surface area contributed by atoms with Crippen LogP contribution in [0.3, 0.4) is 0 Å². The molecule has 1 aliphatic carbocycles. The van der Waals surface area contributed by atoms with E-state index in [1.165, 1.54) is 40.8 Å². The SMILES string of the molecule is CN(C)CCc1ccc(NC(=O)CSc2ccc3c(c2)CCC3)cc1. The van der Waals surface area contributed by atoms with Gasteiger partial charge in [-0.3, -0.25) is 4.79 Å². The molecule has 1 N–H and O–H groups in total. The van der Waals surface area contributed by atoms with Crippen molar-refractivity contribution in [1.29, 1.82) is 0 Å². The quantitative estimate of drug-likeness (QED) is 0.763. The number of hydrogen-bond acceptors (Lipinski definition) is 3. The number of rotatable bonds is 7. The molecule has 0 aromatic heterocycles. The minimum absolute atomic E-state index is 0.0477. The second-order valence-corrected chi connectivity index (χ2v) is 7.92. The molecular formula is C21H26N2OS. The molecule has 4 heteroatoms. The van der Waals surface area contributed by atoms with Gasteiger partial charge in [0.15, 0.2) is 0 Å². The molecule has 2 aromatic rings. The van der Waals surface area contributed by atoms with Gasteiger partial charge in [0.2, 0.25) is 5.91 Å². The van der Waals surface area contributed by atoms with Gasteiger partial charge < -0.3 is 10.2 Å². The maximum Gasteiger partial charge on any atom is 0.234 e. The van der Waals surface area contributed by atoms with Crippen molar-refractivity contribution >= 4 is 23.4 Å². The maximum atomic E-state index is 12.2. The number of carbonyl (C=O) groups is 1. The molecule has 0 aliphatic heterocycles. The third kappa shape index (κ3) is 5.35. The Morgan fingerprint density at radius 1 is 1.08 bits per heavy atom. The van der Waals surface area contributed by atoms with E-state index in [0.717, 1.165) is 18.7 Å². The van der Waals surface area contributed by atoms with Crippen molar-refractivity contribution < 1.29 is 4.79 Å². The summed E-state index contributed by atoms with van der Waals surface area (Å²) < 4.78 is 0. The summed E-state index contributed by atoms with van der Waals surface area (Å²) >= 11 is 1.61. The molecule has 0 atom stereocenters. The zero-order valence-electron chi connectivity index (χ0n) is 15.0. The molecule has 132 valence electrons. The lowest BCUT2D eigenvalue weighted by Crippen LogP contribution is -2.15. The van der Waals surface area contributed by atoms with Crippen LogP contribution >= 0.6 is 11.8 Å². The minimum atomic E-state index is 0.0477. The first-order chi connectivity index (χ1) is 12.1. The van der Waals surface area contributed by atoms with E-state index in [2.05, 4.69) is 54.6 Å². The van der Waals surface area contributed by atoms with Crippen molar-refractivity contribution in [1.82, 2.24) is 4.90 Å². The number of anilines is 1. The van der Waals surface area contributed by atoms with Gasteiger partial charge in [0, 0.05) is 17.1 Å². The van der Waals surface area contributed by atoms with Crippen molar-refractivity contribution in [3.63, 3.8) is 0 Å². The van der Waals surface area contributed by atoms with Crippen LogP contribution in [-0.2, 0) is 24.1 Å². The van der Waals surface area contributed by atoms with E-state index in [4.69, 9.17) is 0 Å². The molecule has 25 heavy (non-hydrogen) atoms. The third-order valence-electron chi connectivity index (χ3n) is 4.53. The Balaban J connectivity index is 1.47. The summed E-state index contributed by atoms with van der Waals surface area (Å²) in [4.78, 5) is 15.5. The van der Waals surface area contributed by atoms with Crippen LogP contribution < -0.4 is 5.32 Å². The Morgan fingerprint density at radius 3 is 2.60 bits per heavy atom. The van der Waals surface area contributed by atoms with Crippen LogP contribution in [0.15, 0.2) is 47.4 Å². The maximum absolute atomic E-state index is 12.2. The van der Waals surface area contributed by atoms with Crippen LogP contribution in [0, 0.1) is 0 Å². The van der Waals surface area contributed by atoms with Crippen LogP contribution in [-0.4, -0.2) is 37.2 Å². The van der Waals surface area contributed by atoms with Crippen LogP contribution in [0.1, 0.15) is 23.1 Å². The smallest absolute Gasteiger partial charge is 0.234 e. The molecule has 2 aromatic carbocycles. The number of benzene rings is 2. The van der Waals surface area contributed by atoms with E-state index in [9.17, 15) is 4.79 Å². The fraction of sp³-hybridized carbons (Fsp3) is 0.381. The van der Waals surface area contributed by atoms with Crippen LogP contribution in [0.5, 0.6) is 0 Å². The Labute approximate surface area is 154 Å². The molecule has 0 unspecified atom stereocenters. The number of carbonyl (C=O) groups excluding carboxylic acids is 1. The number of nitrogens with one attached hydrogen (secondary N) is 1. The molecule has 1 amide bonds. The number of nitrogens with zero attached hydrogens (tertiary/aromatic N) is 1. The Kier molecular flexibility index (Phi) is 6.16. The first kappa shape index (κ1) is 18.0. The predicted molar refractivity (Wildman–Crippen MR) is 107 cm³/mol. The third-order valence-corrected chi connectivity index (χ3v) is 5.52. The number of amides is 1. The van der Waals surface area contributed by atoms with Crippen molar-refractivity contribution in [3.05, 3.63) is 59.2 Å². The highest BCUT2D eigenvalue weighted by molar-refractivity contribution is 8.00. The number of thioether (sulfide) groups is 1. The molecule has 3 rings (SSSR count). The Morgan fingerprint density at radius 2 is 1.84 bits per heavy atom. The molecule has 1 aliphatic rings. The largest absolute Gasteiger partial charge is 0.325 e. The van der Waals surface area contributed by atoms with Gasteiger partial charge in [0.25, 0.3) is 0 Å². The van der Waals surface area contributed by atoms with Gasteiger partial charge in [0.1, 0.15) is 0 Å². The Bertz CT molecular complexity index is 725. The van der Waals surface area contributed by atoms with E-state index in [-0.39, 0.29) is 5.91 Å². The van der Waals surface area contributed by atoms with Gasteiger partial charge in [-0.1, -0.05) is 18.2 Å². The number of likely N-dealkylation sites (N-methyl/N-ethyl adjacent to an activating group) is 1. The molecule has 0 fully saturated rings. The number of aryl methyl sites for hydroxylation is 2. The van der Waals surface area contributed by atoms with Crippen molar-refractivity contribution in [2.45, 2.75) is 30.6 Å². The lowest BCUT2D eigenvalue weighted by atomic mass is 10.1. The molecule has 0 spiro atoms. The predicted octanol–water partition coefficient (Wildman–Crippen LogP) is 4.01. The topological polar surface area (TPSA) is 32.3 Å². The lowest BCUT2D eigenvalue weighted by molar-refractivity contribution is -0.113. The van der Waals surface area contributed by atoms with Crippen LogP contribution in [0.2, 0.25) is 0 Å². The average molecular weight is 355 g/mol. The summed E-state index contributed by atoms with van der Waals surface area (Å²) in [6, 6.07) is 14.8. The van der Waals surface area contributed by atoms with E-state index in [1.807, 2.05) is 12.1 Å². The molecule has 0 bridgehead atoms. The number of fused-ring (bicyclic) bond motifs is 1. The summed E-state index contributed by atoms with van der Waals surface area (Å²) in [6.07, 6.45) is 4.66. The zero-order chi connectivity index (χ0) is 17.6. The van der Waals surface area contributed by atoms with Gasteiger partial charge >= 0.3 is 0 Å². The highest BCUT2D eigenvalue weighted by Crippen LogP contribution is 2.27. The van der Waals surface area contributed by atoms with E-state index in [1.54, 1.807) is 11.8 Å². The molecule has 3 nitrogen and oxygen atoms in total. The lowest BCUT2D eigenvalue weighted by Gasteiger charge is -2.10. The summed E-state index contributed by atoms with van der Waals surface area (Å²) in [5.74, 6) is 0.493. The molecular weight excluding hydrogens is 328 g/mol. The standard InChI is InChI=1S/C21H26N2OS/c1-23(2)13-12-16-6-9-19(10-7-16)22-21(24)15-25-20-11-8-17-4-3-5-18(17)14-20/h6-11,14H,3-5,12-13,15H2,1-2H3,(H,22,24). The fourth-order valence-corrected chi connectivity index (χ4v) is 3.85. The highest BCUT2D eigenvalue weighted by atomic mass is 32.2. The molecule has 0 radical (unpaired) electrons. The molecule has 0 saturated carbocycles. The second kappa shape index (κ2) is 8.54. The number of hydrogen-bond donors (Lipinski definition) is 1. The highest BCUT2D eigenvalue weighted by Gasteiger charge is 2.11.